The van der Waals surface area contributed by atoms with Gasteiger partial charge in [0.15, 0.2) is 0 Å². The summed E-state index contributed by atoms with van der Waals surface area (Å²) in [4.78, 5) is 4.20. The number of hydrogen-bond acceptors (Lipinski definition) is 5. The lowest BCUT2D eigenvalue weighted by Gasteiger charge is -2.08. The summed E-state index contributed by atoms with van der Waals surface area (Å²) in [7, 11) is -3.64. The molecule has 110 valence electrons. The summed E-state index contributed by atoms with van der Waals surface area (Å²) in [6.45, 7) is 2.23. The number of hydrogen-bond donors (Lipinski definition) is 2. The molecule has 0 spiro atoms. The lowest BCUT2D eigenvalue weighted by molar-refractivity contribution is 0.581. The van der Waals surface area contributed by atoms with E-state index in [1.807, 2.05) is 6.92 Å². The molecule has 21 heavy (non-hydrogen) atoms. The molecule has 3 N–H and O–H groups in total. The van der Waals surface area contributed by atoms with Crippen LogP contribution in [0.2, 0.25) is 0 Å². The van der Waals surface area contributed by atoms with Crippen LogP contribution in [0.5, 0.6) is 0 Å². The van der Waals surface area contributed by atoms with E-state index in [-0.39, 0.29) is 18.0 Å². The smallest absolute Gasteiger partial charge is 0.242 e. The van der Waals surface area contributed by atoms with Crippen molar-refractivity contribution in [3.05, 3.63) is 45.9 Å². The second-order valence-electron chi connectivity index (χ2n) is 4.26. The highest BCUT2D eigenvalue weighted by atomic mass is 32.2. The highest BCUT2D eigenvalue weighted by Gasteiger charge is 2.18. The molecule has 7 heteroatoms. The van der Waals surface area contributed by atoms with Crippen molar-refractivity contribution in [2.45, 2.75) is 18.4 Å². The zero-order valence-corrected chi connectivity index (χ0v) is 13.1. The maximum absolute atomic E-state index is 12.4. The molecule has 0 aliphatic carbocycles. The molecule has 1 heterocycles. The number of aryl methyl sites for hydroxylation is 1. The van der Waals surface area contributed by atoms with Crippen LogP contribution in [0.3, 0.4) is 0 Å². The highest BCUT2D eigenvalue weighted by molar-refractivity contribution is 7.89. The van der Waals surface area contributed by atoms with Crippen LogP contribution in [0.1, 0.15) is 16.1 Å². The van der Waals surface area contributed by atoms with Crippen molar-refractivity contribution in [2.75, 3.05) is 6.54 Å². The Hall–Kier alpha value is -1.72. The van der Waals surface area contributed by atoms with Crippen LogP contribution in [-0.2, 0) is 16.6 Å². The van der Waals surface area contributed by atoms with Gasteiger partial charge >= 0.3 is 0 Å². The van der Waals surface area contributed by atoms with Crippen molar-refractivity contribution in [3.8, 4) is 11.8 Å². The molecule has 2 aromatic rings. The molecule has 0 amide bonds. The Morgan fingerprint density at radius 3 is 2.90 bits per heavy atom. The van der Waals surface area contributed by atoms with Gasteiger partial charge in [0.05, 0.1) is 18.0 Å². The Bertz CT molecular complexity index is 772. The number of aromatic nitrogens is 1. The summed E-state index contributed by atoms with van der Waals surface area (Å²) in [5.41, 5.74) is 6.74. The first kappa shape index (κ1) is 15.7. The molecule has 1 aromatic carbocycles. The van der Waals surface area contributed by atoms with E-state index in [4.69, 9.17) is 5.73 Å². The van der Waals surface area contributed by atoms with E-state index in [9.17, 15) is 8.42 Å². The summed E-state index contributed by atoms with van der Waals surface area (Å²) in [6.07, 6.45) is 1.64. The fourth-order valence-electron chi connectivity index (χ4n) is 1.70. The van der Waals surface area contributed by atoms with Gasteiger partial charge in [-0.15, -0.1) is 11.3 Å². The minimum absolute atomic E-state index is 0.158. The van der Waals surface area contributed by atoms with Gasteiger partial charge in [-0.3, -0.25) is 0 Å². The van der Waals surface area contributed by atoms with Crippen LogP contribution in [-0.4, -0.2) is 19.9 Å². The van der Waals surface area contributed by atoms with Gasteiger partial charge < -0.3 is 5.73 Å². The molecule has 0 saturated carbocycles. The third-order valence-corrected chi connectivity index (χ3v) is 4.89. The molecule has 0 aliphatic rings. The Kier molecular flexibility index (Phi) is 5.09. The van der Waals surface area contributed by atoms with Gasteiger partial charge in [-0.2, -0.15) is 0 Å². The van der Waals surface area contributed by atoms with E-state index in [0.29, 0.717) is 10.6 Å². The third kappa shape index (κ3) is 4.12. The van der Waals surface area contributed by atoms with Gasteiger partial charge in [0.1, 0.15) is 5.01 Å². The maximum Gasteiger partial charge on any atom is 0.242 e. The number of nitrogens with one attached hydrogen (secondary N) is 1. The molecule has 0 atom stereocenters. The van der Waals surface area contributed by atoms with Gasteiger partial charge in [-0.25, -0.2) is 18.1 Å². The van der Waals surface area contributed by atoms with E-state index in [2.05, 4.69) is 21.5 Å². The molecule has 0 unspecified atom stereocenters. The molecular weight excluding hydrogens is 306 g/mol. The van der Waals surface area contributed by atoms with Crippen LogP contribution in [0.4, 0.5) is 0 Å². The summed E-state index contributed by atoms with van der Waals surface area (Å²) < 4.78 is 27.3. The predicted molar refractivity (Wildman–Crippen MR) is 83.3 cm³/mol. The van der Waals surface area contributed by atoms with Crippen LogP contribution in [0, 0.1) is 18.8 Å². The van der Waals surface area contributed by atoms with E-state index >= 15 is 0 Å². The zero-order valence-electron chi connectivity index (χ0n) is 11.5. The second-order valence-corrected chi connectivity index (χ2v) is 6.97. The summed E-state index contributed by atoms with van der Waals surface area (Å²) in [5.74, 6) is 5.50. The van der Waals surface area contributed by atoms with Crippen LogP contribution < -0.4 is 10.5 Å². The summed E-state index contributed by atoms with van der Waals surface area (Å²) in [5, 5.41) is 2.51. The fourth-order valence-corrected chi connectivity index (χ4v) is 3.47. The Labute approximate surface area is 128 Å². The maximum atomic E-state index is 12.4. The average Bonchev–Trinajstić information content (AvgIpc) is 2.96. The lowest BCUT2D eigenvalue weighted by atomic mass is 10.1. The molecule has 1 aromatic heterocycles. The standard InChI is InChI=1S/C14H15N3O2S2/c1-11-4-5-13(12(9-11)3-2-6-15)21(18,19)17-10-14-16-7-8-20-14/h4-5,7-9,17H,6,10,15H2,1H3. The molecule has 0 fully saturated rings. The van der Waals surface area contributed by atoms with Gasteiger partial charge in [0.2, 0.25) is 10.0 Å². The Balaban J connectivity index is 2.30. The number of nitrogens with zero attached hydrogens (tertiary/aromatic N) is 1. The number of nitrogens with two attached hydrogens (primary N) is 1. The number of thiazole rings is 1. The minimum Gasteiger partial charge on any atom is -0.320 e. The first-order valence-corrected chi connectivity index (χ1v) is 8.57. The van der Waals surface area contributed by atoms with Crippen LogP contribution in [0.15, 0.2) is 34.7 Å². The molecular formula is C14H15N3O2S2. The summed E-state index contributed by atoms with van der Waals surface area (Å²) >= 11 is 1.40. The van der Waals surface area contributed by atoms with Crippen molar-refractivity contribution >= 4 is 21.4 Å². The largest absolute Gasteiger partial charge is 0.320 e. The summed E-state index contributed by atoms with van der Waals surface area (Å²) in [6, 6.07) is 5.03. The third-order valence-electron chi connectivity index (χ3n) is 2.65. The molecule has 0 radical (unpaired) electrons. The lowest BCUT2D eigenvalue weighted by Crippen LogP contribution is -2.24. The van der Waals surface area contributed by atoms with Crippen molar-refractivity contribution in [1.82, 2.24) is 9.71 Å². The molecule has 2 rings (SSSR count). The highest BCUT2D eigenvalue weighted by Crippen LogP contribution is 2.17. The minimum atomic E-state index is -3.64. The zero-order chi connectivity index (χ0) is 15.3. The van der Waals surface area contributed by atoms with Crippen molar-refractivity contribution in [1.29, 1.82) is 0 Å². The SMILES string of the molecule is Cc1ccc(S(=O)(=O)NCc2nccs2)c(C#CCN)c1. The monoisotopic (exact) mass is 321 g/mol. The average molecular weight is 321 g/mol. The second kappa shape index (κ2) is 6.83. The first-order valence-electron chi connectivity index (χ1n) is 6.20. The topological polar surface area (TPSA) is 85.1 Å². The number of rotatable bonds is 4. The van der Waals surface area contributed by atoms with E-state index in [1.165, 1.54) is 11.3 Å². The number of sulfonamides is 1. The van der Waals surface area contributed by atoms with Crippen molar-refractivity contribution in [3.63, 3.8) is 0 Å². The molecule has 0 saturated heterocycles. The van der Waals surface area contributed by atoms with E-state index in [0.717, 1.165) is 5.56 Å². The van der Waals surface area contributed by atoms with Crippen molar-refractivity contribution in [2.24, 2.45) is 5.73 Å². The quantitative estimate of drug-likeness (QED) is 0.830. The molecule has 0 aliphatic heterocycles. The van der Waals surface area contributed by atoms with Gasteiger partial charge in [0, 0.05) is 17.1 Å². The van der Waals surface area contributed by atoms with Gasteiger partial charge in [0.25, 0.3) is 0 Å². The van der Waals surface area contributed by atoms with Gasteiger partial charge in [-0.05, 0) is 24.6 Å². The molecule has 0 bridgehead atoms. The predicted octanol–water partition coefficient (Wildman–Crippen LogP) is 1.24. The van der Waals surface area contributed by atoms with Crippen LogP contribution in [0.25, 0.3) is 0 Å². The van der Waals surface area contributed by atoms with E-state index < -0.39 is 10.0 Å². The Morgan fingerprint density at radius 1 is 1.43 bits per heavy atom. The van der Waals surface area contributed by atoms with Crippen LogP contribution >= 0.6 is 11.3 Å². The fraction of sp³-hybridized carbons (Fsp3) is 0.214. The van der Waals surface area contributed by atoms with E-state index in [1.54, 1.807) is 29.8 Å². The van der Waals surface area contributed by atoms with Gasteiger partial charge in [-0.1, -0.05) is 17.9 Å². The van der Waals surface area contributed by atoms with Crippen molar-refractivity contribution < 1.29 is 8.42 Å². The number of benzene rings is 1. The Morgan fingerprint density at radius 2 is 2.24 bits per heavy atom. The molecule has 5 nitrogen and oxygen atoms in total. The normalized spacial score (nSPS) is 11.0. The first-order chi connectivity index (χ1) is 10.0.